The zero-order valence-corrected chi connectivity index (χ0v) is 11.1. The largest absolute Gasteiger partial charge is 0.417 e. The van der Waals surface area contributed by atoms with Crippen molar-refractivity contribution in [3.8, 4) is 0 Å². The van der Waals surface area contributed by atoms with Crippen LogP contribution < -0.4 is 0 Å². The van der Waals surface area contributed by atoms with Gasteiger partial charge in [0.2, 0.25) is 0 Å². The molecule has 2 unspecified atom stereocenters. The lowest BCUT2D eigenvalue weighted by atomic mass is 9.70. The Bertz CT molecular complexity index is 255. The summed E-state index contributed by atoms with van der Waals surface area (Å²) >= 11 is 0. The topological polar surface area (TPSA) is 40.5 Å². The third-order valence-electron chi connectivity index (χ3n) is 3.92. The molecule has 0 aliphatic carbocycles. The zero-order chi connectivity index (χ0) is 14.1. The highest BCUT2D eigenvalue weighted by molar-refractivity contribution is 4.96. The molecule has 2 atom stereocenters. The second kappa shape index (κ2) is 4.76. The molecule has 0 aliphatic heterocycles. The molecule has 0 spiro atoms. The monoisotopic (exact) mass is 256 g/mol. The maximum Gasteiger partial charge on any atom is 0.417 e. The summed E-state index contributed by atoms with van der Waals surface area (Å²) in [5.41, 5.74) is -5.09. The van der Waals surface area contributed by atoms with Crippen molar-refractivity contribution >= 4 is 0 Å². The van der Waals surface area contributed by atoms with Gasteiger partial charge in [-0.3, -0.25) is 0 Å². The molecule has 0 heterocycles. The molecular formula is C12H23F3O2. The van der Waals surface area contributed by atoms with Crippen LogP contribution in [-0.4, -0.2) is 27.6 Å². The summed E-state index contributed by atoms with van der Waals surface area (Å²) in [6.45, 7) is 6.88. The van der Waals surface area contributed by atoms with E-state index in [0.29, 0.717) is 6.42 Å². The SMILES string of the molecule is CCC(C)(O)CCC(C)(C)C(C)(O)C(F)(F)F. The Hall–Kier alpha value is -0.290. The average Bonchev–Trinajstić information content (AvgIpc) is 2.13. The van der Waals surface area contributed by atoms with Crippen molar-refractivity contribution in [1.82, 2.24) is 0 Å². The summed E-state index contributed by atoms with van der Waals surface area (Å²) in [4.78, 5) is 0. The second-order valence-corrected chi connectivity index (χ2v) is 5.80. The zero-order valence-electron chi connectivity index (χ0n) is 11.1. The summed E-state index contributed by atoms with van der Waals surface area (Å²) < 4.78 is 38.2. The van der Waals surface area contributed by atoms with Crippen molar-refractivity contribution in [3.63, 3.8) is 0 Å². The van der Waals surface area contributed by atoms with E-state index in [2.05, 4.69) is 0 Å². The lowest BCUT2D eigenvalue weighted by Gasteiger charge is -2.42. The summed E-state index contributed by atoms with van der Waals surface area (Å²) in [5.74, 6) is 0. The maximum atomic E-state index is 12.7. The van der Waals surface area contributed by atoms with Crippen molar-refractivity contribution in [3.05, 3.63) is 0 Å². The standard InChI is InChI=1S/C12H23F3O2/c1-6-10(4,16)8-7-9(2,3)11(5,17)12(13,14)15/h16-17H,6-8H2,1-5H3. The van der Waals surface area contributed by atoms with E-state index in [9.17, 15) is 23.4 Å². The van der Waals surface area contributed by atoms with Crippen molar-refractivity contribution in [2.45, 2.75) is 71.3 Å². The molecule has 0 aromatic heterocycles. The van der Waals surface area contributed by atoms with Crippen molar-refractivity contribution < 1.29 is 23.4 Å². The van der Waals surface area contributed by atoms with Crippen LogP contribution in [0.25, 0.3) is 0 Å². The van der Waals surface area contributed by atoms with E-state index in [1.165, 1.54) is 13.8 Å². The third-order valence-corrected chi connectivity index (χ3v) is 3.92. The fourth-order valence-corrected chi connectivity index (χ4v) is 1.39. The lowest BCUT2D eigenvalue weighted by molar-refractivity contribution is -0.291. The van der Waals surface area contributed by atoms with Gasteiger partial charge in [0.25, 0.3) is 0 Å². The van der Waals surface area contributed by atoms with Crippen molar-refractivity contribution in [1.29, 1.82) is 0 Å². The summed E-state index contributed by atoms with van der Waals surface area (Å²) in [5, 5.41) is 19.4. The number of rotatable bonds is 5. The molecule has 0 saturated heterocycles. The predicted molar refractivity (Wildman–Crippen MR) is 60.6 cm³/mol. The van der Waals surface area contributed by atoms with Crippen LogP contribution in [-0.2, 0) is 0 Å². The molecule has 0 fully saturated rings. The molecule has 0 saturated carbocycles. The number of hydrogen-bond acceptors (Lipinski definition) is 2. The Morgan fingerprint density at radius 1 is 0.882 bits per heavy atom. The van der Waals surface area contributed by atoms with Crippen LogP contribution >= 0.6 is 0 Å². The average molecular weight is 256 g/mol. The highest BCUT2D eigenvalue weighted by atomic mass is 19.4. The minimum Gasteiger partial charge on any atom is -0.390 e. The van der Waals surface area contributed by atoms with E-state index in [1.54, 1.807) is 13.8 Å². The second-order valence-electron chi connectivity index (χ2n) is 5.80. The Kier molecular flexibility index (Phi) is 4.68. The number of hydrogen-bond donors (Lipinski definition) is 2. The van der Waals surface area contributed by atoms with E-state index in [4.69, 9.17) is 0 Å². The van der Waals surface area contributed by atoms with E-state index in [1.807, 2.05) is 0 Å². The molecule has 104 valence electrons. The first-order valence-electron chi connectivity index (χ1n) is 5.78. The minimum atomic E-state index is -4.67. The normalized spacial score (nSPS) is 20.8. The fourth-order valence-electron chi connectivity index (χ4n) is 1.39. The molecule has 0 aromatic rings. The van der Waals surface area contributed by atoms with Crippen LogP contribution in [0.2, 0.25) is 0 Å². The van der Waals surface area contributed by atoms with Gasteiger partial charge >= 0.3 is 6.18 Å². The Balaban J connectivity index is 4.81. The smallest absolute Gasteiger partial charge is 0.390 e. The first-order chi connectivity index (χ1) is 7.27. The molecule has 5 heteroatoms. The van der Waals surface area contributed by atoms with Gasteiger partial charge in [-0.25, -0.2) is 0 Å². The fraction of sp³-hybridized carbons (Fsp3) is 1.00. The van der Waals surface area contributed by atoms with Gasteiger partial charge in [0, 0.05) is 5.41 Å². The van der Waals surface area contributed by atoms with Crippen LogP contribution in [0.4, 0.5) is 13.2 Å². The molecule has 0 radical (unpaired) electrons. The highest BCUT2D eigenvalue weighted by Crippen LogP contribution is 2.46. The van der Waals surface area contributed by atoms with Crippen LogP contribution in [0.1, 0.15) is 53.9 Å². The van der Waals surface area contributed by atoms with E-state index in [-0.39, 0.29) is 12.8 Å². The summed E-state index contributed by atoms with van der Waals surface area (Å²) in [7, 11) is 0. The molecule has 17 heavy (non-hydrogen) atoms. The molecule has 0 bridgehead atoms. The number of aliphatic hydroxyl groups is 2. The number of alkyl halides is 3. The summed E-state index contributed by atoms with van der Waals surface area (Å²) in [6, 6.07) is 0. The van der Waals surface area contributed by atoms with Crippen LogP contribution in [0.5, 0.6) is 0 Å². The quantitative estimate of drug-likeness (QED) is 0.792. The third kappa shape index (κ3) is 3.85. The van der Waals surface area contributed by atoms with Gasteiger partial charge in [-0.05, 0) is 33.1 Å². The van der Waals surface area contributed by atoms with E-state index >= 15 is 0 Å². The van der Waals surface area contributed by atoms with Gasteiger partial charge in [-0.2, -0.15) is 13.2 Å². The van der Waals surface area contributed by atoms with Crippen LogP contribution in [0.3, 0.4) is 0 Å². The maximum absolute atomic E-state index is 12.7. The van der Waals surface area contributed by atoms with Crippen molar-refractivity contribution in [2.24, 2.45) is 5.41 Å². The van der Waals surface area contributed by atoms with Crippen LogP contribution in [0.15, 0.2) is 0 Å². The molecule has 0 aromatic carbocycles. The van der Waals surface area contributed by atoms with Gasteiger partial charge in [0.05, 0.1) is 5.60 Å². The minimum absolute atomic E-state index is 0.0976. The predicted octanol–water partition coefficient (Wildman–Crippen LogP) is 3.27. The molecule has 0 aliphatic rings. The van der Waals surface area contributed by atoms with Gasteiger partial charge in [-0.1, -0.05) is 20.8 Å². The lowest BCUT2D eigenvalue weighted by Crippen LogP contribution is -2.54. The molecule has 2 N–H and O–H groups in total. The Labute approximate surface area is 101 Å². The van der Waals surface area contributed by atoms with Gasteiger partial charge in [-0.15, -0.1) is 0 Å². The molecular weight excluding hydrogens is 233 g/mol. The Morgan fingerprint density at radius 3 is 1.59 bits per heavy atom. The highest BCUT2D eigenvalue weighted by Gasteiger charge is 2.58. The molecule has 0 rings (SSSR count). The first kappa shape index (κ1) is 16.7. The van der Waals surface area contributed by atoms with Gasteiger partial charge < -0.3 is 10.2 Å². The molecule has 0 amide bonds. The van der Waals surface area contributed by atoms with Crippen LogP contribution in [0, 0.1) is 5.41 Å². The first-order valence-corrected chi connectivity index (χ1v) is 5.78. The van der Waals surface area contributed by atoms with E-state index in [0.717, 1.165) is 6.92 Å². The van der Waals surface area contributed by atoms with E-state index < -0.39 is 22.8 Å². The molecule has 2 nitrogen and oxygen atoms in total. The number of halogens is 3. The summed E-state index contributed by atoms with van der Waals surface area (Å²) in [6.07, 6.45) is -3.88. The Morgan fingerprint density at radius 2 is 1.29 bits per heavy atom. The van der Waals surface area contributed by atoms with Gasteiger partial charge in [0.15, 0.2) is 5.60 Å². The van der Waals surface area contributed by atoms with Crippen molar-refractivity contribution in [2.75, 3.05) is 0 Å². The van der Waals surface area contributed by atoms with Gasteiger partial charge in [0.1, 0.15) is 0 Å².